The van der Waals surface area contributed by atoms with E-state index in [0.717, 1.165) is 82.3 Å². The largest absolute Gasteiger partial charge is 0.496 e. The van der Waals surface area contributed by atoms with Crippen molar-refractivity contribution in [3.05, 3.63) is 150 Å². The number of rotatable bonds is 12. The van der Waals surface area contributed by atoms with Gasteiger partial charge in [-0.1, -0.05) is 107 Å². The van der Waals surface area contributed by atoms with Crippen LogP contribution in [0.15, 0.2) is 139 Å². The molecular formula is C56H57N2O4+. The lowest BCUT2D eigenvalue weighted by atomic mass is 9.78. The molecule has 314 valence electrons. The van der Waals surface area contributed by atoms with Crippen LogP contribution in [0.3, 0.4) is 0 Å². The minimum absolute atomic E-state index is 0.228. The second-order valence-electron chi connectivity index (χ2n) is 17.4. The molecule has 6 nitrogen and oxygen atoms in total. The second-order valence-corrected chi connectivity index (χ2v) is 17.4. The van der Waals surface area contributed by atoms with Gasteiger partial charge in [0.1, 0.15) is 35.3 Å². The van der Waals surface area contributed by atoms with Gasteiger partial charge in [0, 0.05) is 64.5 Å². The molecular weight excluding hydrogens is 765 g/mol. The highest BCUT2D eigenvalue weighted by Gasteiger charge is 2.46. The first kappa shape index (κ1) is 40.9. The fraction of sp³-hybridized carbons (Fsp3) is 0.268. The SMILES string of the molecule is CCCN1/C(=C/C=C/C=C/C=C/C2=[N+](CCC)c3ccc4c(-c5c(OC)cccc5OC)cccc4c3C2(C)C)C(C)(C)c2c1cc1c3c(cccc23)-c2c(OC)cccc2O1. The number of hydrogen-bond donors (Lipinski definition) is 0. The van der Waals surface area contributed by atoms with E-state index < -0.39 is 0 Å². The maximum Gasteiger partial charge on any atom is 0.210 e. The van der Waals surface area contributed by atoms with Gasteiger partial charge in [-0.2, -0.15) is 4.58 Å². The van der Waals surface area contributed by atoms with Gasteiger partial charge < -0.3 is 23.8 Å². The molecule has 0 atom stereocenters. The Labute approximate surface area is 366 Å². The molecule has 9 rings (SSSR count). The summed E-state index contributed by atoms with van der Waals surface area (Å²) in [6.07, 6.45) is 17.5. The Kier molecular flexibility index (Phi) is 10.6. The lowest BCUT2D eigenvalue weighted by Gasteiger charge is -2.27. The molecule has 3 aliphatic heterocycles. The maximum atomic E-state index is 6.66. The van der Waals surface area contributed by atoms with Gasteiger partial charge in [0.15, 0.2) is 5.71 Å². The van der Waals surface area contributed by atoms with E-state index in [2.05, 4.69) is 148 Å². The van der Waals surface area contributed by atoms with Crippen molar-refractivity contribution in [3.63, 3.8) is 0 Å². The first-order valence-electron chi connectivity index (χ1n) is 22.0. The summed E-state index contributed by atoms with van der Waals surface area (Å²) in [5, 5.41) is 4.81. The van der Waals surface area contributed by atoms with Gasteiger partial charge in [0.05, 0.1) is 37.9 Å². The summed E-state index contributed by atoms with van der Waals surface area (Å²) in [5.41, 5.74) is 11.5. The number of ether oxygens (including phenoxy) is 4. The molecule has 0 N–H and O–H groups in total. The van der Waals surface area contributed by atoms with Crippen molar-refractivity contribution in [3.8, 4) is 51.0 Å². The van der Waals surface area contributed by atoms with Gasteiger partial charge in [-0.15, -0.1) is 0 Å². The van der Waals surface area contributed by atoms with Crippen LogP contribution >= 0.6 is 0 Å². The summed E-state index contributed by atoms with van der Waals surface area (Å²) in [4.78, 5) is 2.49. The first-order valence-corrected chi connectivity index (χ1v) is 22.0. The molecule has 3 aliphatic rings. The summed E-state index contributed by atoms with van der Waals surface area (Å²) in [6.45, 7) is 15.8. The molecule has 6 aromatic rings. The Morgan fingerprint density at radius 2 is 1.26 bits per heavy atom. The standard InChI is InChI=1S/C56H57N2O4/c1-10-33-57-41-32-31-36-37(51-43(59-7)25-19-26-44(51)60-8)21-17-22-38(36)53(41)55(3,4)48(57)29-15-13-12-14-16-30-49-56(5,6)54-40-24-18-23-39-50(40)47(35-42(54)58(49)34-11-2)62-46-28-20-27-45(61-9)52(39)46/h12-32,35H,10-11,33-34H2,1-9H3/q+1. The minimum atomic E-state index is -0.233. The molecule has 0 spiro atoms. The summed E-state index contributed by atoms with van der Waals surface area (Å²) in [6, 6.07) is 32.1. The van der Waals surface area contributed by atoms with Crippen molar-refractivity contribution < 1.29 is 23.5 Å². The summed E-state index contributed by atoms with van der Waals surface area (Å²) in [7, 11) is 5.17. The Balaban J connectivity index is 1.02. The number of fused-ring (bicyclic) bond motifs is 7. The molecule has 62 heavy (non-hydrogen) atoms. The summed E-state index contributed by atoms with van der Waals surface area (Å²) in [5.74, 6) is 4.15. The number of benzene rings is 6. The van der Waals surface area contributed by atoms with Gasteiger partial charge in [-0.3, -0.25) is 0 Å². The molecule has 6 aromatic carbocycles. The number of methoxy groups -OCH3 is 3. The van der Waals surface area contributed by atoms with Crippen molar-refractivity contribution >= 4 is 38.6 Å². The topological polar surface area (TPSA) is 43.2 Å². The van der Waals surface area contributed by atoms with Crippen molar-refractivity contribution in [2.45, 2.75) is 65.2 Å². The summed E-state index contributed by atoms with van der Waals surface area (Å²) < 4.78 is 26.7. The van der Waals surface area contributed by atoms with Gasteiger partial charge >= 0.3 is 0 Å². The molecule has 0 fully saturated rings. The Bertz CT molecular complexity index is 2900. The zero-order chi connectivity index (χ0) is 43.3. The van der Waals surface area contributed by atoms with Crippen LogP contribution in [0.5, 0.6) is 28.7 Å². The molecule has 0 aromatic heterocycles. The average Bonchev–Trinajstić information content (AvgIpc) is 3.63. The molecule has 0 unspecified atom stereocenters. The van der Waals surface area contributed by atoms with Crippen LogP contribution in [0.25, 0.3) is 43.8 Å². The molecule has 3 heterocycles. The van der Waals surface area contributed by atoms with Crippen molar-refractivity contribution in [2.24, 2.45) is 0 Å². The number of hydrogen-bond acceptors (Lipinski definition) is 5. The van der Waals surface area contributed by atoms with Gasteiger partial charge in [0.25, 0.3) is 0 Å². The third-order valence-corrected chi connectivity index (χ3v) is 13.1. The third kappa shape index (κ3) is 6.33. The maximum absolute atomic E-state index is 6.66. The van der Waals surface area contributed by atoms with Crippen LogP contribution < -0.4 is 23.8 Å². The lowest BCUT2D eigenvalue weighted by molar-refractivity contribution is -0.437. The quantitative estimate of drug-likeness (QED) is 0.0907. The van der Waals surface area contributed by atoms with Crippen LogP contribution in [0.1, 0.15) is 65.5 Å². The highest BCUT2D eigenvalue weighted by molar-refractivity contribution is 6.11. The minimum Gasteiger partial charge on any atom is -0.496 e. The third-order valence-electron chi connectivity index (χ3n) is 13.1. The van der Waals surface area contributed by atoms with Crippen LogP contribution in [0.4, 0.5) is 11.4 Å². The van der Waals surface area contributed by atoms with E-state index in [1.54, 1.807) is 21.3 Å². The Hall–Kier alpha value is -6.53. The van der Waals surface area contributed by atoms with Crippen LogP contribution in [-0.2, 0) is 10.8 Å². The number of anilines is 1. The molecule has 0 aliphatic carbocycles. The lowest BCUT2D eigenvalue weighted by Crippen LogP contribution is -2.28. The van der Waals surface area contributed by atoms with Crippen LogP contribution in [0, 0.1) is 0 Å². The molecule has 0 amide bonds. The molecule has 6 heteroatoms. The number of allylic oxidation sites excluding steroid dienone is 8. The van der Waals surface area contributed by atoms with Gasteiger partial charge in [-0.25, -0.2) is 0 Å². The predicted octanol–water partition coefficient (Wildman–Crippen LogP) is 14.0. The van der Waals surface area contributed by atoms with E-state index in [0.29, 0.717) is 0 Å². The zero-order valence-corrected chi connectivity index (χ0v) is 37.6. The Morgan fingerprint density at radius 1 is 0.613 bits per heavy atom. The van der Waals surface area contributed by atoms with Crippen LogP contribution in [0.2, 0.25) is 0 Å². The normalized spacial score (nSPS) is 16.5. The fourth-order valence-corrected chi connectivity index (χ4v) is 10.5. The summed E-state index contributed by atoms with van der Waals surface area (Å²) >= 11 is 0. The van der Waals surface area contributed by atoms with Crippen molar-refractivity contribution in [1.82, 2.24) is 0 Å². The average molecular weight is 822 g/mol. The van der Waals surface area contributed by atoms with Crippen molar-refractivity contribution in [1.29, 1.82) is 0 Å². The van der Waals surface area contributed by atoms with Gasteiger partial charge in [-0.05, 0) is 84.0 Å². The van der Waals surface area contributed by atoms with Gasteiger partial charge in [0.2, 0.25) is 5.69 Å². The van der Waals surface area contributed by atoms with E-state index in [1.165, 1.54) is 50.1 Å². The smallest absolute Gasteiger partial charge is 0.210 e. The van der Waals surface area contributed by atoms with E-state index >= 15 is 0 Å². The molecule has 0 saturated heterocycles. The van der Waals surface area contributed by atoms with Crippen LogP contribution in [-0.4, -0.2) is 44.7 Å². The van der Waals surface area contributed by atoms with E-state index in [1.807, 2.05) is 36.4 Å². The monoisotopic (exact) mass is 821 g/mol. The highest BCUT2D eigenvalue weighted by Crippen LogP contribution is 2.58. The number of nitrogens with zero attached hydrogens (tertiary/aromatic N) is 2. The highest BCUT2D eigenvalue weighted by atomic mass is 16.5. The zero-order valence-electron chi connectivity index (χ0n) is 37.6. The van der Waals surface area contributed by atoms with Crippen molar-refractivity contribution in [2.75, 3.05) is 39.3 Å². The second kappa shape index (κ2) is 16.1. The van der Waals surface area contributed by atoms with E-state index in [9.17, 15) is 0 Å². The molecule has 0 bridgehead atoms. The predicted molar refractivity (Wildman–Crippen MR) is 258 cm³/mol. The fourth-order valence-electron chi connectivity index (χ4n) is 10.5. The molecule has 0 radical (unpaired) electrons. The van der Waals surface area contributed by atoms with E-state index in [-0.39, 0.29) is 10.8 Å². The Morgan fingerprint density at radius 3 is 1.97 bits per heavy atom. The molecule has 0 saturated carbocycles. The van der Waals surface area contributed by atoms with E-state index in [4.69, 9.17) is 18.9 Å². The first-order chi connectivity index (χ1) is 30.1.